The van der Waals surface area contributed by atoms with Crippen LogP contribution in [0, 0.1) is 0 Å². The monoisotopic (exact) mass is 224 g/mol. The second-order valence-corrected chi connectivity index (χ2v) is 4.11. The molecule has 1 heterocycles. The summed E-state index contributed by atoms with van der Waals surface area (Å²) < 4.78 is 1.99. The number of likely N-dealkylation sites (N-methyl/N-ethyl adjacent to an activating group) is 1. The predicted molar refractivity (Wildman–Crippen MR) is 62.8 cm³/mol. The highest BCUT2D eigenvalue weighted by Gasteiger charge is 2.12. The molecule has 0 aliphatic rings. The molecule has 0 aliphatic carbocycles. The molecular weight excluding hydrogens is 204 g/mol. The highest BCUT2D eigenvalue weighted by molar-refractivity contribution is 5.80. The van der Waals surface area contributed by atoms with E-state index in [9.17, 15) is 4.79 Å². The summed E-state index contributed by atoms with van der Waals surface area (Å²) in [5.41, 5.74) is 5.52. The second-order valence-electron chi connectivity index (χ2n) is 4.11. The summed E-state index contributed by atoms with van der Waals surface area (Å²) >= 11 is 0. The summed E-state index contributed by atoms with van der Waals surface area (Å²) in [6.45, 7) is 2.42. The molecule has 0 saturated heterocycles. The lowest BCUT2D eigenvalue weighted by molar-refractivity contribution is -0.130. The first-order valence-electron chi connectivity index (χ1n) is 5.49. The van der Waals surface area contributed by atoms with Gasteiger partial charge in [0.25, 0.3) is 0 Å². The lowest BCUT2D eigenvalue weighted by Crippen LogP contribution is -2.40. The average Bonchev–Trinajstić information content (AvgIpc) is 2.63. The van der Waals surface area contributed by atoms with E-state index in [2.05, 4.69) is 4.98 Å². The number of rotatable bonds is 5. The number of nitrogens with two attached hydrogens (primary N) is 1. The van der Waals surface area contributed by atoms with Crippen LogP contribution in [-0.4, -0.2) is 40.0 Å². The third-order valence-electron chi connectivity index (χ3n) is 2.58. The summed E-state index contributed by atoms with van der Waals surface area (Å²) in [4.78, 5) is 17.4. The molecule has 0 saturated carbocycles. The minimum absolute atomic E-state index is 0.0140. The van der Waals surface area contributed by atoms with Crippen molar-refractivity contribution in [2.24, 2.45) is 12.8 Å². The number of nitrogens with zero attached hydrogens (tertiary/aromatic N) is 3. The van der Waals surface area contributed by atoms with Crippen LogP contribution in [-0.2, 0) is 18.3 Å². The van der Waals surface area contributed by atoms with Crippen LogP contribution >= 0.6 is 0 Å². The number of amides is 1. The molecule has 16 heavy (non-hydrogen) atoms. The zero-order valence-electron chi connectivity index (χ0n) is 10.2. The van der Waals surface area contributed by atoms with Crippen molar-refractivity contribution in [1.29, 1.82) is 0 Å². The lowest BCUT2D eigenvalue weighted by Gasteiger charge is -2.18. The van der Waals surface area contributed by atoms with Crippen LogP contribution in [0.1, 0.15) is 19.2 Å². The summed E-state index contributed by atoms with van der Waals surface area (Å²) in [5.74, 6) is 1.03. The first-order chi connectivity index (χ1) is 7.52. The number of imidazole rings is 1. The standard InChI is InChI=1S/C11H20N4O/c1-9(12)11(16)15(3)7-4-5-10-13-6-8-14(10)2/h6,8-9H,4-5,7,12H2,1-3H3/t9-/m0/s1. The number of aryl methyl sites for hydroxylation is 2. The molecule has 90 valence electrons. The van der Waals surface area contributed by atoms with Crippen molar-refractivity contribution in [3.8, 4) is 0 Å². The Labute approximate surface area is 96.3 Å². The first kappa shape index (κ1) is 12.7. The molecule has 1 amide bonds. The fraction of sp³-hybridized carbons (Fsp3) is 0.636. The van der Waals surface area contributed by atoms with Gasteiger partial charge in [-0.1, -0.05) is 0 Å². The van der Waals surface area contributed by atoms with E-state index in [1.54, 1.807) is 25.1 Å². The van der Waals surface area contributed by atoms with E-state index in [-0.39, 0.29) is 5.91 Å². The third kappa shape index (κ3) is 3.34. The van der Waals surface area contributed by atoms with Gasteiger partial charge in [-0.2, -0.15) is 0 Å². The van der Waals surface area contributed by atoms with Crippen molar-refractivity contribution in [2.45, 2.75) is 25.8 Å². The van der Waals surface area contributed by atoms with Crippen LogP contribution in [0.2, 0.25) is 0 Å². The molecule has 0 fully saturated rings. The average molecular weight is 224 g/mol. The highest BCUT2D eigenvalue weighted by atomic mass is 16.2. The fourth-order valence-electron chi connectivity index (χ4n) is 1.57. The van der Waals surface area contributed by atoms with Gasteiger partial charge in [0.1, 0.15) is 5.82 Å². The van der Waals surface area contributed by atoms with Crippen LogP contribution in [0.15, 0.2) is 12.4 Å². The molecule has 1 aromatic rings. The van der Waals surface area contributed by atoms with Gasteiger partial charge in [-0.3, -0.25) is 4.79 Å². The largest absolute Gasteiger partial charge is 0.344 e. The van der Waals surface area contributed by atoms with Crippen LogP contribution in [0.5, 0.6) is 0 Å². The molecule has 5 heteroatoms. The van der Waals surface area contributed by atoms with E-state index >= 15 is 0 Å². The molecule has 1 aromatic heterocycles. The van der Waals surface area contributed by atoms with Gasteiger partial charge < -0.3 is 15.2 Å². The summed E-state index contributed by atoms with van der Waals surface area (Å²) in [5, 5.41) is 0. The van der Waals surface area contributed by atoms with Gasteiger partial charge in [-0.05, 0) is 13.3 Å². The van der Waals surface area contributed by atoms with E-state index < -0.39 is 6.04 Å². The number of hydrogen-bond acceptors (Lipinski definition) is 3. The first-order valence-corrected chi connectivity index (χ1v) is 5.49. The lowest BCUT2D eigenvalue weighted by atomic mass is 10.2. The topological polar surface area (TPSA) is 64.2 Å². The van der Waals surface area contributed by atoms with Gasteiger partial charge in [0, 0.05) is 39.5 Å². The van der Waals surface area contributed by atoms with Crippen molar-refractivity contribution in [2.75, 3.05) is 13.6 Å². The van der Waals surface area contributed by atoms with E-state index in [1.807, 2.05) is 17.8 Å². The Morgan fingerprint density at radius 3 is 2.88 bits per heavy atom. The molecule has 2 N–H and O–H groups in total. The van der Waals surface area contributed by atoms with Gasteiger partial charge in [-0.25, -0.2) is 4.98 Å². The van der Waals surface area contributed by atoms with Crippen molar-refractivity contribution >= 4 is 5.91 Å². The Morgan fingerprint density at radius 2 is 2.38 bits per heavy atom. The molecule has 0 unspecified atom stereocenters. The van der Waals surface area contributed by atoms with Crippen LogP contribution in [0.3, 0.4) is 0 Å². The van der Waals surface area contributed by atoms with E-state index in [1.165, 1.54) is 0 Å². The maximum absolute atomic E-state index is 11.5. The number of carbonyl (C=O) groups is 1. The predicted octanol–water partition coefficient (Wildman–Crippen LogP) is 0.158. The normalized spacial score (nSPS) is 12.5. The number of aromatic nitrogens is 2. The second kappa shape index (κ2) is 5.65. The van der Waals surface area contributed by atoms with Gasteiger partial charge in [0.05, 0.1) is 6.04 Å². The van der Waals surface area contributed by atoms with Crippen LogP contribution < -0.4 is 5.73 Å². The Hall–Kier alpha value is -1.36. The summed E-state index contributed by atoms with van der Waals surface area (Å²) in [6, 6.07) is -0.418. The quantitative estimate of drug-likeness (QED) is 0.774. The molecule has 0 bridgehead atoms. The maximum atomic E-state index is 11.5. The molecule has 1 rings (SSSR count). The van der Waals surface area contributed by atoms with Gasteiger partial charge in [0.15, 0.2) is 0 Å². The zero-order chi connectivity index (χ0) is 12.1. The molecule has 0 radical (unpaired) electrons. The van der Waals surface area contributed by atoms with Crippen LogP contribution in [0.25, 0.3) is 0 Å². The Kier molecular flexibility index (Phi) is 4.49. The van der Waals surface area contributed by atoms with Crippen molar-refractivity contribution in [3.05, 3.63) is 18.2 Å². The highest BCUT2D eigenvalue weighted by Crippen LogP contribution is 2.00. The van der Waals surface area contributed by atoms with E-state index in [4.69, 9.17) is 5.73 Å². The smallest absolute Gasteiger partial charge is 0.238 e. The third-order valence-corrected chi connectivity index (χ3v) is 2.58. The van der Waals surface area contributed by atoms with Crippen molar-refractivity contribution in [1.82, 2.24) is 14.5 Å². The Balaban J connectivity index is 2.31. The van der Waals surface area contributed by atoms with Gasteiger partial charge in [-0.15, -0.1) is 0 Å². The molecule has 0 aromatic carbocycles. The molecular formula is C11H20N4O. The number of hydrogen-bond donors (Lipinski definition) is 1. The summed E-state index contributed by atoms with van der Waals surface area (Å²) in [7, 11) is 3.75. The summed E-state index contributed by atoms with van der Waals surface area (Å²) in [6.07, 6.45) is 5.48. The molecule has 0 spiro atoms. The number of carbonyl (C=O) groups excluding carboxylic acids is 1. The Morgan fingerprint density at radius 1 is 1.69 bits per heavy atom. The van der Waals surface area contributed by atoms with E-state index in [0.717, 1.165) is 18.7 Å². The minimum Gasteiger partial charge on any atom is -0.344 e. The van der Waals surface area contributed by atoms with Crippen LogP contribution in [0.4, 0.5) is 0 Å². The van der Waals surface area contributed by atoms with Gasteiger partial charge in [0.2, 0.25) is 5.91 Å². The van der Waals surface area contributed by atoms with Gasteiger partial charge >= 0.3 is 0 Å². The van der Waals surface area contributed by atoms with Crippen molar-refractivity contribution in [3.63, 3.8) is 0 Å². The molecule has 0 aliphatic heterocycles. The molecule has 5 nitrogen and oxygen atoms in total. The fourth-order valence-corrected chi connectivity index (χ4v) is 1.57. The minimum atomic E-state index is -0.418. The maximum Gasteiger partial charge on any atom is 0.238 e. The van der Waals surface area contributed by atoms with Crippen molar-refractivity contribution < 1.29 is 4.79 Å². The zero-order valence-corrected chi connectivity index (χ0v) is 10.2. The Bertz CT molecular complexity index is 346. The SMILES string of the molecule is C[C@H](N)C(=O)N(C)CCCc1nccn1C. The van der Waals surface area contributed by atoms with E-state index in [0.29, 0.717) is 6.54 Å². The molecule has 1 atom stereocenters.